The second kappa shape index (κ2) is 5.96. The van der Waals surface area contributed by atoms with Crippen LogP contribution in [-0.4, -0.2) is 66.8 Å². The van der Waals surface area contributed by atoms with Gasteiger partial charge in [-0.15, -0.1) is 0 Å². The van der Waals surface area contributed by atoms with Gasteiger partial charge in [-0.2, -0.15) is 4.98 Å². The van der Waals surface area contributed by atoms with Crippen molar-refractivity contribution in [1.29, 1.82) is 0 Å². The van der Waals surface area contributed by atoms with Crippen LogP contribution in [-0.2, 0) is 4.74 Å². The largest absolute Gasteiger partial charge is 0.394 e. The van der Waals surface area contributed by atoms with E-state index in [4.69, 9.17) is 25.8 Å². The fourth-order valence-corrected chi connectivity index (χ4v) is 1.69. The molecule has 3 heterocycles. The van der Waals surface area contributed by atoms with Crippen LogP contribution in [0.1, 0.15) is 0 Å². The molecule has 110 valence electrons. The molecule has 2 aromatic heterocycles. The van der Waals surface area contributed by atoms with Gasteiger partial charge >= 0.3 is 0 Å². The molecule has 20 heavy (non-hydrogen) atoms. The summed E-state index contributed by atoms with van der Waals surface area (Å²) in [6.45, 7) is -0.120. The molecular formula is C10H15N5O5. The molecule has 3 rings (SSSR count). The molecule has 0 saturated carbocycles. The average molecular weight is 285 g/mol. The Labute approximate surface area is 112 Å². The van der Waals surface area contributed by atoms with Crippen LogP contribution in [0.25, 0.3) is 11.2 Å². The van der Waals surface area contributed by atoms with Gasteiger partial charge in [0.1, 0.15) is 18.3 Å². The second-order valence-electron chi connectivity index (χ2n) is 4.16. The van der Waals surface area contributed by atoms with Crippen molar-refractivity contribution in [3.63, 3.8) is 0 Å². The number of ether oxygens (including phenoxy) is 1. The van der Waals surface area contributed by atoms with Crippen LogP contribution >= 0.6 is 0 Å². The molecule has 3 atom stereocenters. The number of imidazole rings is 1. The number of aromatic amines is 2. The summed E-state index contributed by atoms with van der Waals surface area (Å²) in [4.78, 5) is 23.5. The minimum atomic E-state index is -0.921. The van der Waals surface area contributed by atoms with Gasteiger partial charge in [0.05, 0.1) is 19.5 Å². The number of aliphatic hydroxyl groups is 3. The highest BCUT2D eigenvalue weighted by Gasteiger charge is 2.33. The van der Waals surface area contributed by atoms with Crippen LogP contribution in [0.15, 0.2) is 11.1 Å². The molecule has 0 radical (unpaired) electrons. The van der Waals surface area contributed by atoms with Crippen molar-refractivity contribution in [2.75, 3.05) is 18.9 Å². The second-order valence-corrected chi connectivity index (χ2v) is 4.16. The number of nitrogens with one attached hydrogen (secondary N) is 2. The highest BCUT2D eigenvalue weighted by Crippen LogP contribution is 2.12. The lowest BCUT2D eigenvalue weighted by molar-refractivity contribution is -0.00588. The number of aromatic nitrogens is 4. The quantitative estimate of drug-likeness (QED) is 0.329. The van der Waals surface area contributed by atoms with E-state index < -0.39 is 18.3 Å². The molecule has 10 heteroatoms. The first-order valence-corrected chi connectivity index (χ1v) is 5.80. The van der Waals surface area contributed by atoms with Gasteiger partial charge < -0.3 is 30.8 Å². The smallest absolute Gasteiger partial charge is 0.278 e. The highest BCUT2D eigenvalue weighted by atomic mass is 16.5. The molecule has 1 aliphatic heterocycles. The topological polar surface area (TPSA) is 170 Å². The van der Waals surface area contributed by atoms with Gasteiger partial charge in [-0.05, 0) is 0 Å². The summed E-state index contributed by atoms with van der Waals surface area (Å²) in [6.07, 6.45) is -0.955. The first-order valence-electron chi connectivity index (χ1n) is 5.80. The van der Waals surface area contributed by atoms with Gasteiger partial charge in [0.2, 0.25) is 5.95 Å². The third kappa shape index (κ3) is 2.93. The third-order valence-electron chi connectivity index (χ3n) is 2.75. The lowest BCUT2D eigenvalue weighted by Crippen LogP contribution is -2.31. The number of rotatable bonds is 1. The maximum atomic E-state index is 11.0. The Bertz CT molecular complexity index is 626. The number of H-pyrrole nitrogens is 2. The van der Waals surface area contributed by atoms with Crippen LogP contribution in [0.5, 0.6) is 0 Å². The number of aliphatic hydroxyl groups excluding tert-OH is 3. The SMILES string of the molecule is Nc1nc2nc[nH]c2c(=O)[nH]1.OC[C@H]1OC[C@H](O)[C@@H]1O. The Balaban J connectivity index is 0.000000151. The Morgan fingerprint density at radius 1 is 1.50 bits per heavy atom. The third-order valence-corrected chi connectivity index (χ3v) is 2.75. The van der Waals surface area contributed by atoms with E-state index in [9.17, 15) is 4.79 Å². The molecule has 7 N–H and O–H groups in total. The Kier molecular flexibility index (Phi) is 4.29. The summed E-state index contributed by atoms with van der Waals surface area (Å²) in [5, 5.41) is 26.2. The number of nitrogens with two attached hydrogens (primary N) is 1. The number of anilines is 1. The van der Waals surface area contributed by atoms with E-state index in [1.807, 2.05) is 0 Å². The minimum Gasteiger partial charge on any atom is -0.394 e. The van der Waals surface area contributed by atoms with Crippen LogP contribution in [0.3, 0.4) is 0 Å². The number of nitrogen functional groups attached to an aromatic ring is 1. The normalized spacial score (nSPS) is 25.4. The van der Waals surface area contributed by atoms with E-state index in [1.54, 1.807) is 0 Å². The average Bonchev–Trinajstić information content (AvgIpc) is 2.99. The molecule has 0 bridgehead atoms. The monoisotopic (exact) mass is 285 g/mol. The summed E-state index contributed by atoms with van der Waals surface area (Å²) in [5.74, 6) is 0.0783. The van der Waals surface area contributed by atoms with Gasteiger partial charge in [0, 0.05) is 0 Å². The zero-order valence-corrected chi connectivity index (χ0v) is 10.4. The summed E-state index contributed by atoms with van der Waals surface area (Å²) in [7, 11) is 0. The Morgan fingerprint density at radius 2 is 2.25 bits per heavy atom. The predicted octanol–water partition coefficient (Wildman–Crippen LogP) is -2.67. The number of hydrogen-bond donors (Lipinski definition) is 6. The summed E-state index contributed by atoms with van der Waals surface area (Å²) in [6, 6.07) is 0. The van der Waals surface area contributed by atoms with Crippen molar-refractivity contribution in [2.24, 2.45) is 0 Å². The van der Waals surface area contributed by atoms with Crippen molar-refractivity contribution in [2.45, 2.75) is 18.3 Å². The van der Waals surface area contributed by atoms with Crippen LogP contribution in [0, 0.1) is 0 Å². The number of nitrogens with zero attached hydrogens (tertiary/aromatic N) is 2. The summed E-state index contributed by atoms with van der Waals surface area (Å²) in [5.41, 5.74) is 5.65. The zero-order chi connectivity index (χ0) is 14.7. The Hall–Kier alpha value is -2.01. The predicted molar refractivity (Wildman–Crippen MR) is 67.8 cm³/mol. The van der Waals surface area contributed by atoms with E-state index in [1.165, 1.54) is 6.33 Å². The van der Waals surface area contributed by atoms with E-state index in [2.05, 4.69) is 19.9 Å². The van der Waals surface area contributed by atoms with Crippen LogP contribution < -0.4 is 11.3 Å². The molecule has 0 spiro atoms. The lowest BCUT2D eigenvalue weighted by atomic mass is 10.2. The van der Waals surface area contributed by atoms with Crippen molar-refractivity contribution in [1.82, 2.24) is 19.9 Å². The van der Waals surface area contributed by atoms with Crippen molar-refractivity contribution in [3.8, 4) is 0 Å². The van der Waals surface area contributed by atoms with Crippen LogP contribution in [0.2, 0.25) is 0 Å². The van der Waals surface area contributed by atoms with Crippen LogP contribution in [0.4, 0.5) is 5.95 Å². The lowest BCUT2D eigenvalue weighted by Gasteiger charge is -2.10. The van der Waals surface area contributed by atoms with E-state index in [-0.39, 0.29) is 24.7 Å². The molecule has 1 fully saturated rings. The van der Waals surface area contributed by atoms with Crippen molar-refractivity contribution in [3.05, 3.63) is 16.7 Å². The van der Waals surface area contributed by atoms with E-state index >= 15 is 0 Å². The molecule has 1 aliphatic rings. The number of hydrogen-bond acceptors (Lipinski definition) is 8. The molecular weight excluding hydrogens is 270 g/mol. The molecule has 0 aliphatic carbocycles. The van der Waals surface area contributed by atoms with Gasteiger partial charge in [-0.25, -0.2) is 4.98 Å². The molecule has 1 saturated heterocycles. The van der Waals surface area contributed by atoms with Gasteiger partial charge in [-0.1, -0.05) is 0 Å². The van der Waals surface area contributed by atoms with Crippen molar-refractivity contribution >= 4 is 17.1 Å². The fraction of sp³-hybridized carbons (Fsp3) is 0.500. The fourth-order valence-electron chi connectivity index (χ4n) is 1.69. The molecule has 0 aromatic carbocycles. The Morgan fingerprint density at radius 3 is 2.80 bits per heavy atom. The first kappa shape index (κ1) is 14.4. The van der Waals surface area contributed by atoms with Gasteiger partial charge in [-0.3, -0.25) is 9.78 Å². The van der Waals surface area contributed by atoms with Gasteiger partial charge in [0.25, 0.3) is 5.56 Å². The summed E-state index contributed by atoms with van der Waals surface area (Å²) < 4.78 is 4.78. The molecule has 2 aromatic rings. The van der Waals surface area contributed by atoms with Gasteiger partial charge in [0.15, 0.2) is 11.2 Å². The molecule has 10 nitrogen and oxygen atoms in total. The van der Waals surface area contributed by atoms with Crippen molar-refractivity contribution < 1.29 is 20.1 Å². The standard InChI is InChI=1S/C5H5N5O.C5H10O4/c6-5-9-3-2(4(11)10-5)7-1-8-3;6-1-4-5(8)3(7)2-9-4/h1H,(H4,6,7,8,9,10,11);3-8H,1-2H2/t;3-,4+,5-/m.0/s1. The summed E-state index contributed by atoms with van der Waals surface area (Å²) >= 11 is 0. The molecule has 0 unspecified atom stereocenters. The van der Waals surface area contributed by atoms with E-state index in [0.29, 0.717) is 11.2 Å². The van der Waals surface area contributed by atoms with E-state index in [0.717, 1.165) is 0 Å². The molecule has 0 amide bonds. The first-order chi connectivity index (χ1) is 9.52. The maximum absolute atomic E-state index is 11.0. The zero-order valence-electron chi connectivity index (χ0n) is 10.4. The maximum Gasteiger partial charge on any atom is 0.278 e. The number of fused-ring (bicyclic) bond motifs is 1. The highest BCUT2D eigenvalue weighted by molar-refractivity contribution is 5.69. The minimum absolute atomic E-state index is 0.0783.